The van der Waals surface area contributed by atoms with Gasteiger partial charge < -0.3 is 29.4 Å². The molecule has 4 heterocycles. The molecule has 0 saturated carbocycles. The average Bonchev–Trinajstić information content (AvgIpc) is 3.43. The number of pyridine rings is 1. The second kappa shape index (κ2) is 8.93. The molecule has 2 aliphatic rings. The molecule has 5 rings (SSSR count). The zero-order valence-electron chi connectivity index (χ0n) is 18.3. The monoisotopic (exact) mass is 424 g/mol. The van der Waals surface area contributed by atoms with Crippen LogP contribution in [0.1, 0.15) is 32.1 Å². The predicted molar refractivity (Wildman–Crippen MR) is 123 cm³/mol. The first kappa shape index (κ1) is 20.4. The van der Waals surface area contributed by atoms with E-state index in [2.05, 4.69) is 20.9 Å². The van der Waals surface area contributed by atoms with Crippen LogP contribution >= 0.6 is 0 Å². The molecule has 0 radical (unpaired) electrons. The van der Waals surface area contributed by atoms with Gasteiger partial charge in [0.1, 0.15) is 5.82 Å². The van der Waals surface area contributed by atoms with Crippen LogP contribution in [-0.2, 0) is 0 Å². The van der Waals surface area contributed by atoms with E-state index < -0.39 is 0 Å². The van der Waals surface area contributed by atoms with Crippen molar-refractivity contribution in [2.24, 2.45) is 0 Å². The molecule has 31 heavy (non-hydrogen) atoms. The average molecular weight is 425 g/mol. The van der Waals surface area contributed by atoms with Crippen molar-refractivity contribution in [2.45, 2.75) is 38.2 Å². The number of piperidine rings is 1. The second-order valence-electron chi connectivity index (χ2n) is 8.70. The Labute approximate surface area is 182 Å². The second-order valence-corrected chi connectivity index (χ2v) is 8.70. The number of nitrogens with one attached hydrogen (secondary N) is 1. The number of hydrogen-bond acceptors (Lipinski definition) is 6. The molecule has 2 N–H and O–H groups in total. The fourth-order valence-electron chi connectivity index (χ4n) is 4.90. The number of H-pyrrole nitrogens is 1. The van der Waals surface area contributed by atoms with Crippen LogP contribution in [-0.4, -0.2) is 72.5 Å². The lowest BCUT2D eigenvalue weighted by Gasteiger charge is -2.31. The molecule has 0 atom stereocenters. The van der Waals surface area contributed by atoms with Crippen molar-refractivity contribution >= 4 is 27.6 Å². The van der Waals surface area contributed by atoms with Crippen LogP contribution in [0.15, 0.2) is 24.4 Å². The minimum Gasteiger partial charge on any atom is -0.493 e. The summed E-state index contributed by atoms with van der Waals surface area (Å²) >= 11 is 0. The Morgan fingerprint density at radius 1 is 1.10 bits per heavy atom. The summed E-state index contributed by atoms with van der Waals surface area (Å²) in [6.45, 7) is 5.84. The van der Waals surface area contributed by atoms with Gasteiger partial charge >= 0.3 is 0 Å². The largest absolute Gasteiger partial charge is 0.493 e. The quantitative estimate of drug-likeness (QED) is 0.565. The molecule has 2 fully saturated rings. The summed E-state index contributed by atoms with van der Waals surface area (Å²) < 4.78 is 11.8. The van der Waals surface area contributed by atoms with E-state index in [4.69, 9.17) is 14.5 Å². The number of rotatable bonds is 7. The van der Waals surface area contributed by atoms with Crippen LogP contribution in [0.5, 0.6) is 11.5 Å². The van der Waals surface area contributed by atoms with Gasteiger partial charge in [0.2, 0.25) is 0 Å². The van der Waals surface area contributed by atoms with Gasteiger partial charge in [-0.25, -0.2) is 4.98 Å². The number of benzene rings is 1. The molecule has 7 nitrogen and oxygen atoms in total. The lowest BCUT2D eigenvalue weighted by Crippen LogP contribution is -2.36. The van der Waals surface area contributed by atoms with Crippen molar-refractivity contribution in [2.75, 3.05) is 51.3 Å². The summed E-state index contributed by atoms with van der Waals surface area (Å²) in [6.07, 6.45) is 6.86. The standard InChI is InChI=1S/C24H32N4O3/c1-30-21-15-18-20(16-22(21)31-14-4-11-27-9-2-3-10-27)26-19-5-8-25-24(23(18)19)28-12-6-17(29)7-13-28/h5,8,15-17,26,29H,2-4,6-7,9-14H2,1H3. The Morgan fingerprint density at radius 3 is 2.68 bits per heavy atom. The topological polar surface area (TPSA) is 73.9 Å². The first-order chi connectivity index (χ1) is 15.2. The van der Waals surface area contributed by atoms with Gasteiger partial charge in [0.25, 0.3) is 0 Å². The molecule has 0 unspecified atom stereocenters. The third kappa shape index (κ3) is 4.16. The van der Waals surface area contributed by atoms with E-state index in [1.165, 1.54) is 25.9 Å². The van der Waals surface area contributed by atoms with Crippen LogP contribution in [0.3, 0.4) is 0 Å². The van der Waals surface area contributed by atoms with Gasteiger partial charge in [-0.3, -0.25) is 0 Å². The minimum atomic E-state index is -0.205. The highest BCUT2D eigenvalue weighted by Gasteiger charge is 2.22. The molecule has 0 aliphatic carbocycles. The Hall–Kier alpha value is -2.51. The highest BCUT2D eigenvalue weighted by molar-refractivity contribution is 6.13. The van der Waals surface area contributed by atoms with Crippen molar-refractivity contribution in [1.82, 2.24) is 14.9 Å². The fraction of sp³-hybridized carbons (Fsp3) is 0.542. The summed E-state index contributed by atoms with van der Waals surface area (Å²) in [4.78, 5) is 13.0. The molecular weight excluding hydrogens is 392 g/mol. The summed E-state index contributed by atoms with van der Waals surface area (Å²) in [5, 5.41) is 12.1. The minimum absolute atomic E-state index is 0.205. The molecule has 0 bridgehead atoms. The van der Waals surface area contributed by atoms with Crippen LogP contribution in [0, 0.1) is 0 Å². The number of fused-ring (bicyclic) bond motifs is 3. The van der Waals surface area contributed by atoms with E-state index in [-0.39, 0.29) is 6.10 Å². The summed E-state index contributed by atoms with van der Waals surface area (Å²) in [6, 6.07) is 6.13. The highest BCUT2D eigenvalue weighted by Crippen LogP contribution is 2.39. The summed E-state index contributed by atoms with van der Waals surface area (Å²) in [7, 11) is 1.69. The van der Waals surface area contributed by atoms with Crippen LogP contribution in [0.25, 0.3) is 21.8 Å². The van der Waals surface area contributed by atoms with E-state index in [1.807, 2.05) is 18.3 Å². The van der Waals surface area contributed by atoms with Crippen molar-refractivity contribution in [1.29, 1.82) is 0 Å². The first-order valence-electron chi connectivity index (χ1n) is 11.5. The third-order valence-corrected chi connectivity index (χ3v) is 6.61. The Balaban J connectivity index is 1.41. The number of likely N-dealkylation sites (tertiary alicyclic amines) is 1. The maximum absolute atomic E-state index is 9.88. The Bertz CT molecular complexity index is 1040. The van der Waals surface area contributed by atoms with Crippen molar-refractivity contribution in [3.05, 3.63) is 24.4 Å². The molecule has 3 aromatic rings. The number of aromatic amines is 1. The molecule has 166 valence electrons. The van der Waals surface area contributed by atoms with Gasteiger partial charge in [0, 0.05) is 37.3 Å². The highest BCUT2D eigenvalue weighted by atomic mass is 16.5. The summed E-state index contributed by atoms with van der Waals surface area (Å²) in [5.41, 5.74) is 2.08. The van der Waals surface area contributed by atoms with Crippen molar-refractivity contribution in [3.63, 3.8) is 0 Å². The van der Waals surface area contributed by atoms with Crippen LogP contribution in [0.4, 0.5) is 5.82 Å². The Morgan fingerprint density at radius 2 is 1.90 bits per heavy atom. The Kier molecular flexibility index (Phi) is 5.87. The molecule has 0 spiro atoms. The van der Waals surface area contributed by atoms with Gasteiger partial charge in [-0.15, -0.1) is 0 Å². The molecule has 2 aromatic heterocycles. The molecule has 7 heteroatoms. The third-order valence-electron chi connectivity index (χ3n) is 6.61. The summed E-state index contributed by atoms with van der Waals surface area (Å²) in [5.74, 6) is 2.49. The number of nitrogens with zero attached hydrogens (tertiary/aromatic N) is 3. The van der Waals surface area contributed by atoms with E-state index in [0.29, 0.717) is 6.61 Å². The van der Waals surface area contributed by atoms with Crippen LogP contribution < -0.4 is 14.4 Å². The number of ether oxygens (including phenoxy) is 2. The SMILES string of the molecule is COc1cc2c(cc1OCCCN1CCCC1)[nH]c1ccnc(N3CCC(O)CC3)c12. The van der Waals surface area contributed by atoms with Gasteiger partial charge in [-0.05, 0) is 57.3 Å². The fourth-order valence-corrected chi connectivity index (χ4v) is 4.90. The van der Waals surface area contributed by atoms with Crippen molar-refractivity contribution in [3.8, 4) is 11.5 Å². The predicted octanol–water partition coefficient (Wildman–Crippen LogP) is 3.55. The van der Waals surface area contributed by atoms with E-state index in [0.717, 1.165) is 78.0 Å². The molecule has 2 aliphatic heterocycles. The maximum atomic E-state index is 9.88. The molecule has 2 saturated heterocycles. The van der Waals surface area contributed by atoms with Gasteiger partial charge in [0.05, 0.1) is 36.2 Å². The van der Waals surface area contributed by atoms with Crippen LogP contribution in [0.2, 0.25) is 0 Å². The maximum Gasteiger partial charge on any atom is 0.163 e. The number of aliphatic hydroxyl groups is 1. The van der Waals surface area contributed by atoms with Gasteiger partial charge in [-0.1, -0.05) is 0 Å². The molecule has 0 amide bonds. The molecular formula is C24H32N4O3. The lowest BCUT2D eigenvalue weighted by molar-refractivity contribution is 0.145. The van der Waals surface area contributed by atoms with E-state index >= 15 is 0 Å². The molecule has 1 aromatic carbocycles. The number of aliphatic hydroxyl groups excluding tert-OH is 1. The number of methoxy groups -OCH3 is 1. The zero-order valence-corrected chi connectivity index (χ0v) is 18.3. The number of aromatic nitrogens is 2. The zero-order chi connectivity index (χ0) is 21.2. The van der Waals surface area contributed by atoms with Crippen molar-refractivity contribution < 1.29 is 14.6 Å². The van der Waals surface area contributed by atoms with E-state index in [9.17, 15) is 5.11 Å². The van der Waals surface area contributed by atoms with Gasteiger partial charge in [0.15, 0.2) is 11.5 Å². The lowest BCUT2D eigenvalue weighted by atomic mass is 10.1. The number of anilines is 1. The van der Waals surface area contributed by atoms with E-state index in [1.54, 1.807) is 7.11 Å². The smallest absolute Gasteiger partial charge is 0.163 e. The first-order valence-corrected chi connectivity index (χ1v) is 11.5. The number of hydrogen-bond donors (Lipinski definition) is 2. The normalized spacial score (nSPS) is 18.3. The van der Waals surface area contributed by atoms with Gasteiger partial charge in [-0.2, -0.15) is 0 Å².